The van der Waals surface area contributed by atoms with Gasteiger partial charge in [0.05, 0.1) is 0 Å². The molecular weight excluding hydrogens is 226 g/mol. The molecule has 1 aromatic heterocycles. The highest BCUT2D eigenvalue weighted by Gasteiger charge is 2.00. The van der Waals surface area contributed by atoms with Crippen molar-refractivity contribution in [3.8, 4) is 5.75 Å². The van der Waals surface area contributed by atoms with Gasteiger partial charge in [0.25, 0.3) is 0 Å². The van der Waals surface area contributed by atoms with E-state index in [0.717, 1.165) is 11.3 Å². The van der Waals surface area contributed by atoms with Crippen LogP contribution in [0.15, 0.2) is 30.5 Å². The van der Waals surface area contributed by atoms with Crippen LogP contribution in [0.3, 0.4) is 0 Å². The van der Waals surface area contributed by atoms with Gasteiger partial charge in [-0.15, -0.1) is 0 Å². The number of anilines is 2. The van der Waals surface area contributed by atoms with Gasteiger partial charge in [-0.25, -0.2) is 9.97 Å². The predicted molar refractivity (Wildman–Crippen MR) is 63.2 cm³/mol. The standard InChI is InChI=1S/C11H10ClN3O/c1-7-2-3-8(6-9(7)16)14-10-4-5-13-11(12)15-10/h2-6,16H,1H3,(H,13,14,15). The number of hydrogen-bond donors (Lipinski definition) is 2. The SMILES string of the molecule is Cc1ccc(Nc2ccnc(Cl)n2)cc1O. The first-order valence-electron chi connectivity index (χ1n) is 4.70. The minimum absolute atomic E-state index is 0.182. The summed E-state index contributed by atoms with van der Waals surface area (Å²) in [6, 6.07) is 7.00. The maximum Gasteiger partial charge on any atom is 0.224 e. The zero-order valence-corrected chi connectivity index (χ0v) is 9.36. The lowest BCUT2D eigenvalue weighted by molar-refractivity contribution is 0.471. The molecule has 1 heterocycles. The fraction of sp³-hybridized carbons (Fsp3) is 0.0909. The third kappa shape index (κ3) is 2.41. The molecule has 0 aliphatic carbocycles. The van der Waals surface area contributed by atoms with Gasteiger partial charge in [0, 0.05) is 18.0 Å². The number of phenolic OH excluding ortho intramolecular Hbond substituents is 1. The van der Waals surface area contributed by atoms with Crippen molar-refractivity contribution in [2.24, 2.45) is 0 Å². The van der Waals surface area contributed by atoms with Gasteiger partial charge in [-0.05, 0) is 36.2 Å². The summed E-state index contributed by atoms with van der Waals surface area (Å²) in [6.07, 6.45) is 1.56. The van der Waals surface area contributed by atoms with Crippen LogP contribution in [0.2, 0.25) is 5.28 Å². The minimum atomic E-state index is 0.182. The molecule has 0 spiro atoms. The molecule has 0 atom stereocenters. The monoisotopic (exact) mass is 235 g/mol. The Morgan fingerprint density at radius 1 is 1.31 bits per heavy atom. The van der Waals surface area contributed by atoms with E-state index in [4.69, 9.17) is 11.6 Å². The Balaban J connectivity index is 2.24. The average molecular weight is 236 g/mol. The molecule has 0 bridgehead atoms. The second kappa shape index (κ2) is 4.37. The molecule has 0 saturated heterocycles. The number of nitrogens with zero attached hydrogens (tertiary/aromatic N) is 2. The Kier molecular flexibility index (Phi) is 2.92. The van der Waals surface area contributed by atoms with Gasteiger partial charge in [0.2, 0.25) is 5.28 Å². The van der Waals surface area contributed by atoms with E-state index >= 15 is 0 Å². The summed E-state index contributed by atoms with van der Waals surface area (Å²) in [5.41, 5.74) is 1.57. The molecule has 0 saturated carbocycles. The summed E-state index contributed by atoms with van der Waals surface area (Å²) in [5.74, 6) is 0.827. The van der Waals surface area contributed by atoms with E-state index in [1.54, 1.807) is 18.3 Å². The van der Waals surface area contributed by atoms with Crippen molar-refractivity contribution in [2.45, 2.75) is 6.92 Å². The molecule has 0 fully saturated rings. The summed E-state index contributed by atoms with van der Waals surface area (Å²) < 4.78 is 0. The molecule has 2 rings (SSSR count). The summed E-state index contributed by atoms with van der Waals surface area (Å²) in [7, 11) is 0. The average Bonchev–Trinajstić information content (AvgIpc) is 2.24. The van der Waals surface area contributed by atoms with Crippen LogP contribution < -0.4 is 5.32 Å². The second-order valence-electron chi connectivity index (χ2n) is 3.34. The summed E-state index contributed by atoms with van der Waals surface area (Å²) >= 11 is 5.66. The molecule has 4 nitrogen and oxygen atoms in total. The maximum atomic E-state index is 9.53. The summed E-state index contributed by atoms with van der Waals surface area (Å²) in [4.78, 5) is 7.76. The van der Waals surface area contributed by atoms with Crippen molar-refractivity contribution >= 4 is 23.1 Å². The second-order valence-corrected chi connectivity index (χ2v) is 3.68. The number of nitrogens with one attached hydrogen (secondary N) is 1. The largest absolute Gasteiger partial charge is 0.508 e. The van der Waals surface area contributed by atoms with Crippen molar-refractivity contribution in [1.82, 2.24) is 9.97 Å². The van der Waals surface area contributed by atoms with E-state index in [0.29, 0.717) is 5.82 Å². The number of aromatic hydroxyl groups is 1. The van der Waals surface area contributed by atoms with Crippen LogP contribution in [0.4, 0.5) is 11.5 Å². The molecule has 2 aromatic rings. The van der Waals surface area contributed by atoms with Gasteiger partial charge in [-0.1, -0.05) is 6.07 Å². The van der Waals surface area contributed by atoms with Gasteiger partial charge < -0.3 is 10.4 Å². The molecule has 0 aliphatic heterocycles. The topological polar surface area (TPSA) is 58.0 Å². The van der Waals surface area contributed by atoms with Crippen molar-refractivity contribution in [3.05, 3.63) is 41.3 Å². The zero-order chi connectivity index (χ0) is 11.5. The van der Waals surface area contributed by atoms with Crippen molar-refractivity contribution in [3.63, 3.8) is 0 Å². The van der Waals surface area contributed by atoms with E-state index in [-0.39, 0.29) is 11.0 Å². The fourth-order valence-electron chi connectivity index (χ4n) is 1.24. The third-order valence-electron chi connectivity index (χ3n) is 2.11. The van der Waals surface area contributed by atoms with Crippen LogP contribution in [-0.2, 0) is 0 Å². The molecule has 1 aromatic carbocycles. The predicted octanol–water partition coefficient (Wildman–Crippen LogP) is 2.89. The smallest absolute Gasteiger partial charge is 0.224 e. The Morgan fingerprint density at radius 2 is 2.12 bits per heavy atom. The van der Waals surface area contributed by atoms with Gasteiger partial charge in [0.1, 0.15) is 11.6 Å². The molecule has 2 N–H and O–H groups in total. The molecular formula is C11H10ClN3O. The minimum Gasteiger partial charge on any atom is -0.508 e. The quantitative estimate of drug-likeness (QED) is 0.786. The Morgan fingerprint density at radius 3 is 2.81 bits per heavy atom. The lowest BCUT2D eigenvalue weighted by Crippen LogP contribution is -1.94. The van der Waals surface area contributed by atoms with Gasteiger partial charge in [0.15, 0.2) is 0 Å². The number of phenols is 1. The molecule has 82 valence electrons. The van der Waals surface area contributed by atoms with E-state index in [1.165, 1.54) is 0 Å². The Hall–Kier alpha value is -1.81. The highest BCUT2D eigenvalue weighted by molar-refractivity contribution is 6.28. The first-order valence-corrected chi connectivity index (χ1v) is 5.08. The van der Waals surface area contributed by atoms with Crippen LogP contribution in [0.25, 0.3) is 0 Å². The zero-order valence-electron chi connectivity index (χ0n) is 8.61. The first kappa shape index (κ1) is 10.7. The maximum absolute atomic E-state index is 9.53. The lowest BCUT2D eigenvalue weighted by Gasteiger charge is -2.06. The molecule has 0 amide bonds. The molecule has 0 radical (unpaired) electrons. The highest BCUT2D eigenvalue weighted by atomic mass is 35.5. The van der Waals surface area contributed by atoms with Crippen molar-refractivity contribution in [1.29, 1.82) is 0 Å². The Bertz CT molecular complexity index is 516. The number of aromatic nitrogens is 2. The lowest BCUT2D eigenvalue weighted by atomic mass is 10.2. The molecule has 0 unspecified atom stereocenters. The number of benzene rings is 1. The van der Waals surface area contributed by atoms with Crippen LogP contribution in [0.5, 0.6) is 5.75 Å². The summed E-state index contributed by atoms with van der Waals surface area (Å²) in [5, 5.41) is 12.7. The van der Waals surface area contributed by atoms with Gasteiger partial charge >= 0.3 is 0 Å². The number of rotatable bonds is 2. The van der Waals surface area contributed by atoms with Crippen LogP contribution >= 0.6 is 11.6 Å². The van der Waals surface area contributed by atoms with Gasteiger partial charge in [-0.3, -0.25) is 0 Å². The molecule has 5 heteroatoms. The normalized spacial score (nSPS) is 10.1. The van der Waals surface area contributed by atoms with Crippen LogP contribution in [0, 0.1) is 6.92 Å². The van der Waals surface area contributed by atoms with Gasteiger partial charge in [-0.2, -0.15) is 0 Å². The van der Waals surface area contributed by atoms with E-state index < -0.39 is 0 Å². The van der Waals surface area contributed by atoms with Crippen LogP contribution in [-0.4, -0.2) is 15.1 Å². The Labute approximate surface area is 97.9 Å². The first-order chi connectivity index (χ1) is 7.65. The number of hydrogen-bond acceptors (Lipinski definition) is 4. The van der Waals surface area contributed by atoms with Crippen molar-refractivity contribution in [2.75, 3.05) is 5.32 Å². The van der Waals surface area contributed by atoms with Crippen molar-refractivity contribution < 1.29 is 5.11 Å². The van der Waals surface area contributed by atoms with Crippen LogP contribution in [0.1, 0.15) is 5.56 Å². The van der Waals surface area contributed by atoms with E-state index in [2.05, 4.69) is 15.3 Å². The number of aryl methyl sites for hydroxylation is 1. The summed E-state index contributed by atoms with van der Waals surface area (Å²) in [6.45, 7) is 1.83. The molecule has 16 heavy (non-hydrogen) atoms. The highest BCUT2D eigenvalue weighted by Crippen LogP contribution is 2.23. The fourth-order valence-corrected chi connectivity index (χ4v) is 1.39. The molecule has 0 aliphatic rings. The number of halogens is 1. The van der Waals surface area contributed by atoms with E-state index in [9.17, 15) is 5.11 Å². The van der Waals surface area contributed by atoms with E-state index in [1.807, 2.05) is 19.1 Å². The third-order valence-corrected chi connectivity index (χ3v) is 2.29.